The van der Waals surface area contributed by atoms with Crippen molar-refractivity contribution in [1.82, 2.24) is 24.1 Å². The van der Waals surface area contributed by atoms with Crippen LogP contribution >= 0.6 is 11.6 Å². The summed E-state index contributed by atoms with van der Waals surface area (Å²) in [5, 5.41) is 6.91. The molecule has 2 unspecified atom stereocenters. The Balaban J connectivity index is 1.38. The molecule has 2 aromatic heterocycles. The summed E-state index contributed by atoms with van der Waals surface area (Å²) in [5.74, 6) is 0.145. The number of carbonyl (C=O) groups excluding carboxylic acids is 2. The first-order valence-corrected chi connectivity index (χ1v) is 16.2. The number of hydrogen-bond acceptors (Lipinski definition) is 8. The zero-order valence-electron chi connectivity index (χ0n) is 27.1. The van der Waals surface area contributed by atoms with Gasteiger partial charge in [0.1, 0.15) is 17.8 Å². The maximum atomic E-state index is 14.2. The fourth-order valence-corrected chi connectivity index (χ4v) is 6.67. The first-order valence-electron chi connectivity index (χ1n) is 15.9. The van der Waals surface area contributed by atoms with Crippen LogP contribution in [0.1, 0.15) is 57.6 Å². The van der Waals surface area contributed by atoms with E-state index in [0.29, 0.717) is 62.9 Å². The monoisotopic (exact) mass is 691 g/mol. The Kier molecular flexibility index (Phi) is 8.96. The third-order valence-electron chi connectivity index (χ3n) is 8.78. The number of alkyl halides is 3. The van der Waals surface area contributed by atoms with Crippen LogP contribution in [0.2, 0.25) is 5.02 Å². The predicted octanol–water partition coefficient (Wildman–Crippen LogP) is 5.01. The molecule has 5 heterocycles. The highest BCUT2D eigenvalue weighted by molar-refractivity contribution is 6.33. The SMILES string of the molecule is CCc1c(N2CC3CCN(C(=O)OC(C)(C)C)CC32)c(=O)n2nc(C3=CCOCC3)nc2n1CC(=O)Nc1ccc(C(F)(F)F)cc1Cl. The van der Waals surface area contributed by atoms with Crippen LogP contribution < -0.4 is 15.8 Å². The summed E-state index contributed by atoms with van der Waals surface area (Å²) in [6.07, 6.45) is -1.52. The van der Waals surface area contributed by atoms with E-state index in [1.165, 1.54) is 4.52 Å². The van der Waals surface area contributed by atoms with E-state index in [1.54, 1.807) is 9.47 Å². The van der Waals surface area contributed by atoms with Crippen LogP contribution in [0.15, 0.2) is 29.1 Å². The number of benzene rings is 1. The average Bonchev–Trinajstić information content (AvgIpc) is 3.46. The summed E-state index contributed by atoms with van der Waals surface area (Å²) in [7, 11) is 0. The maximum Gasteiger partial charge on any atom is 0.416 e. The van der Waals surface area contributed by atoms with Crippen LogP contribution in [0, 0.1) is 5.92 Å². The molecular formula is C32H37ClF3N7O5. The Morgan fingerprint density at radius 1 is 1.19 bits per heavy atom. The van der Waals surface area contributed by atoms with E-state index in [9.17, 15) is 27.6 Å². The van der Waals surface area contributed by atoms with Crippen molar-refractivity contribution in [3.63, 3.8) is 0 Å². The van der Waals surface area contributed by atoms with Crippen molar-refractivity contribution in [3.8, 4) is 0 Å². The zero-order valence-corrected chi connectivity index (χ0v) is 27.8. The van der Waals surface area contributed by atoms with Gasteiger partial charge in [-0.1, -0.05) is 24.6 Å². The number of fused-ring (bicyclic) bond motifs is 2. The van der Waals surface area contributed by atoms with Crippen molar-refractivity contribution < 1.29 is 32.2 Å². The Labute approximate surface area is 279 Å². The number of anilines is 2. The second-order valence-electron chi connectivity index (χ2n) is 13.2. The molecule has 2 fully saturated rings. The van der Waals surface area contributed by atoms with Crippen LogP contribution in [0.3, 0.4) is 0 Å². The van der Waals surface area contributed by atoms with Gasteiger partial charge < -0.3 is 29.2 Å². The molecule has 3 aliphatic heterocycles. The number of hydrogen-bond donors (Lipinski definition) is 1. The maximum absolute atomic E-state index is 14.2. The summed E-state index contributed by atoms with van der Waals surface area (Å²) in [4.78, 5) is 49.0. The number of piperidine rings is 1. The normalized spacial score (nSPS) is 19.9. The molecule has 3 aliphatic rings. The lowest BCUT2D eigenvalue weighted by Crippen LogP contribution is -2.66. The number of amides is 2. The second kappa shape index (κ2) is 12.7. The van der Waals surface area contributed by atoms with Gasteiger partial charge in [-0.05, 0) is 63.8 Å². The first kappa shape index (κ1) is 33.8. The molecule has 2 atom stereocenters. The number of rotatable bonds is 6. The Bertz CT molecular complexity index is 1850. The fourth-order valence-electron chi connectivity index (χ4n) is 6.44. The van der Waals surface area contributed by atoms with E-state index in [4.69, 9.17) is 21.1 Å². The van der Waals surface area contributed by atoms with E-state index >= 15 is 0 Å². The third-order valence-corrected chi connectivity index (χ3v) is 9.09. The molecule has 0 saturated carbocycles. The van der Waals surface area contributed by atoms with Crippen LogP contribution in [0.4, 0.5) is 29.3 Å². The quantitative estimate of drug-likeness (QED) is 0.383. The molecule has 0 bridgehead atoms. The molecule has 1 N–H and O–H groups in total. The molecule has 6 rings (SSSR count). The Morgan fingerprint density at radius 3 is 2.60 bits per heavy atom. The van der Waals surface area contributed by atoms with Crippen molar-refractivity contribution in [3.05, 3.63) is 56.7 Å². The molecule has 0 radical (unpaired) electrons. The van der Waals surface area contributed by atoms with E-state index in [1.807, 2.05) is 38.7 Å². The van der Waals surface area contributed by atoms with Crippen molar-refractivity contribution in [1.29, 1.82) is 0 Å². The summed E-state index contributed by atoms with van der Waals surface area (Å²) in [6, 6.07) is 2.53. The molecule has 12 nitrogen and oxygen atoms in total. The van der Waals surface area contributed by atoms with Crippen molar-refractivity contribution in [2.75, 3.05) is 43.1 Å². The number of halogens is 4. The highest BCUT2D eigenvalue weighted by Gasteiger charge is 2.46. The molecular weight excluding hydrogens is 655 g/mol. The van der Waals surface area contributed by atoms with E-state index in [2.05, 4.69) is 15.4 Å². The Hall–Kier alpha value is -4.11. The van der Waals surface area contributed by atoms with E-state index in [0.717, 1.165) is 30.2 Å². The van der Waals surface area contributed by atoms with Gasteiger partial charge in [-0.2, -0.15) is 22.7 Å². The van der Waals surface area contributed by atoms with Gasteiger partial charge in [0.05, 0.1) is 41.2 Å². The van der Waals surface area contributed by atoms with Gasteiger partial charge in [0.15, 0.2) is 5.82 Å². The van der Waals surface area contributed by atoms with Gasteiger partial charge in [0.2, 0.25) is 11.7 Å². The minimum absolute atomic E-state index is 0.00884. The minimum atomic E-state index is -4.59. The highest BCUT2D eigenvalue weighted by atomic mass is 35.5. The predicted molar refractivity (Wildman–Crippen MR) is 172 cm³/mol. The standard InChI is InChI=1S/C32H37ClF3N7O5/c1-5-23-26(41-15-19-8-11-40(16-24(19)41)30(46)48-31(2,3)4)28(45)43-29(38-27(39-43)18-9-12-47-13-10-18)42(23)17-25(44)37-22-7-6-20(14-21(22)33)32(34,35)36/h6-7,9,14,19,24H,5,8,10-13,15-17H2,1-4H3,(H,37,44). The zero-order chi connectivity index (χ0) is 34.5. The summed E-state index contributed by atoms with van der Waals surface area (Å²) in [5.41, 5.74) is -0.287. The molecule has 0 aliphatic carbocycles. The smallest absolute Gasteiger partial charge is 0.416 e. The lowest BCUT2D eigenvalue weighted by Gasteiger charge is -2.54. The number of ether oxygens (including phenoxy) is 2. The Morgan fingerprint density at radius 2 is 1.96 bits per heavy atom. The molecule has 48 heavy (non-hydrogen) atoms. The first-order chi connectivity index (χ1) is 22.6. The molecule has 1 aromatic carbocycles. The van der Waals surface area contributed by atoms with Crippen molar-refractivity contribution >= 4 is 46.3 Å². The molecule has 2 amide bonds. The van der Waals surface area contributed by atoms with Crippen LogP contribution in [0.5, 0.6) is 0 Å². The van der Waals surface area contributed by atoms with Gasteiger partial charge >= 0.3 is 12.3 Å². The van der Waals surface area contributed by atoms with Crippen molar-refractivity contribution in [2.45, 2.75) is 71.3 Å². The highest BCUT2D eigenvalue weighted by Crippen LogP contribution is 2.38. The van der Waals surface area contributed by atoms with Gasteiger partial charge in [-0.15, -0.1) is 5.10 Å². The minimum Gasteiger partial charge on any atom is -0.444 e. The van der Waals surface area contributed by atoms with E-state index < -0.39 is 34.9 Å². The number of nitrogens with zero attached hydrogens (tertiary/aromatic N) is 6. The third kappa shape index (κ3) is 6.62. The van der Waals surface area contributed by atoms with Crippen molar-refractivity contribution in [2.24, 2.45) is 5.92 Å². The molecule has 0 spiro atoms. The molecule has 2 saturated heterocycles. The van der Waals surface area contributed by atoms with Gasteiger partial charge in [-0.3, -0.25) is 9.59 Å². The fraction of sp³-hybridized carbons (Fsp3) is 0.531. The van der Waals surface area contributed by atoms with Crippen LogP contribution in [0.25, 0.3) is 11.4 Å². The molecule has 258 valence electrons. The number of likely N-dealkylation sites (tertiary alicyclic amines) is 1. The van der Waals surface area contributed by atoms with Gasteiger partial charge in [-0.25, -0.2) is 4.79 Å². The van der Waals surface area contributed by atoms with Gasteiger partial charge in [0.25, 0.3) is 5.56 Å². The lowest BCUT2D eigenvalue weighted by molar-refractivity contribution is -0.137. The topological polar surface area (TPSA) is 123 Å². The van der Waals surface area contributed by atoms with Gasteiger partial charge in [0, 0.05) is 25.6 Å². The summed E-state index contributed by atoms with van der Waals surface area (Å²) < 4.78 is 53.4. The summed E-state index contributed by atoms with van der Waals surface area (Å²) in [6.45, 7) is 9.30. The average molecular weight is 692 g/mol. The molecule has 16 heteroatoms. The number of aromatic nitrogens is 4. The largest absolute Gasteiger partial charge is 0.444 e. The summed E-state index contributed by atoms with van der Waals surface area (Å²) >= 11 is 6.12. The van der Waals surface area contributed by atoms with Crippen LogP contribution in [-0.2, 0) is 33.4 Å². The lowest BCUT2D eigenvalue weighted by atomic mass is 9.81. The molecule has 3 aromatic rings. The number of nitrogens with one attached hydrogen (secondary N) is 1. The number of carbonyl (C=O) groups is 2. The second-order valence-corrected chi connectivity index (χ2v) is 13.6. The van der Waals surface area contributed by atoms with E-state index in [-0.39, 0.29) is 35.0 Å². The van der Waals surface area contributed by atoms with Crippen LogP contribution in [-0.4, -0.2) is 80.6 Å².